The molecule has 0 radical (unpaired) electrons. The third-order valence-electron chi connectivity index (χ3n) is 4.39. The maximum atomic E-state index is 12.4. The van der Waals surface area contributed by atoms with Crippen LogP contribution in [-0.2, 0) is 4.79 Å². The minimum atomic E-state index is -0.920. The molecule has 134 valence electrons. The second kappa shape index (κ2) is 8.21. The molecule has 0 unspecified atom stereocenters. The third-order valence-corrected chi connectivity index (χ3v) is 4.64. The van der Waals surface area contributed by atoms with Gasteiger partial charge in [-0.1, -0.05) is 25.4 Å². The summed E-state index contributed by atoms with van der Waals surface area (Å²) in [5.41, 5.74) is -0.920. The van der Waals surface area contributed by atoms with E-state index in [1.807, 2.05) is 0 Å². The topological polar surface area (TPSA) is 41.6 Å². The average molecular weight is 353 g/mol. The SMILES string of the molecule is C[C@@H]1C[C@H](C)CN(CCNC(=O)C(C)(C)Oc2ccc(Cl)cc2)C1. The number of nitrogens with one attached hydrogen (secondary N) is 1. The van der Waals surface area contributed by atoms with Crippen LogP contribution in [0.2, 0.25) is 5.02 Å². The maximum Gasteiger partial charge on any atom is 0.263 e. The number of halogens is 1. The second-order valence-corrected chi connectivity index (χ2v) is 7.96. The molecule has 1 aliphatic rings. The Balaban J connectivity index is 1.79. The molecule has 0 saturated carbocycles. The van der Waals surface area contributed by atoms with Crippen molar-refractivity contribution in [3.63, 3.8) is 0 Å². The Kier molecular flexibility index (Phi) is 6.53. The predicted molar refractivity (Wildman–Crippen MR) is 98.6 cm³/mol. The number of hydrogen-bond donors (Lipinski definition) is 1. The van der Waals surface area contributed by atoms with Gasteiger partial charge in [0.05, 0.1) is 0 Å². The molecule has 1 aromatic rings. The molecule has 4 nitrogen and oxygen atoms in total. The number of amides is 1. The summed E-state index contributed by atoms with van der Waals surface area (Å²) >= 11 is 5.87. The zero-order chi connectivity index (χ0) is 17.7. The number of hydrogen-bond acceptors (Lipinski definition) is 3. The van der Waals surface area contributed by atoms with Crippen LogP contribution in [0.25, 0.3) is 0 Å². The first kappa shape index (κ1) is 19.1. The summed E-state index contributed by atoms with van der Waals surface area (Å²) in [5.74, 6) is 2.00. The first-order chi connectivity index (χ1) is 11.3. The fourth-order valence-corrected chi connectivity index (χ4v) is 3.48. The van der Waals surface area contributed by atoms with Crippen molar-refractivity contribution in [2.45, 2.75) is 39.7 Å². The number of rotatable bonds is 6. The summed E-state index contributed by atoms with van der Waals surface area (Å²) in [6, 6.07) is 7.05. The summed E-state index contributed by atoms with van der Waals surface area (Å²) in [7, 11) is 0. The minimum absolute atomic E-state index is 0.101. The van der Waals surface area contributed by atoms with E-state index in [1.165, 1.54) is 6.42 Å². The number of carbonyl (C=O) groups is 1. The van der Waals surface area contributed by atoms with Crippen molar-refractivity contribution in [2.24, 2.45) is 11.8 Å². The summed E-state index contributed by atoms with van der Waals surface area (Å²) in [6.45, 7) is 11.9. The zero-order valence-electron chi connectivity index (χ0n) is 15.1. The van der Waals surface area contributed by atoms with E-state index in [1.54, 1.807) is 38.1 Å². The van der Waals surface area contributed by atoms with Gasteiger partial charge in [-0.15, -0.1) is 0 Å². The van der Waals surface area contributed by atoms with Crippen molar-refractivity contribution in [1.29, 1.82) is 0 Å². The monoisotopic (exact) mass is 352 g/mol. The largest absolute Gasteiger partial charge is 0.478 e. The minimum Gasteiger partial charge on any atom is -0.478 e. The molecule has 1 aromatic carbocycles. The van der Waals surface area contributed by atoms with E-state index in [4.69, 9.17) is 16.3 Å². The van der Waals surface area contributed by atoms with Crippen LogP contribution >= 0.6 is 11.6 Å². The lowest BCUT2D eigenvalue weighted by molar-refractivity contribution is -0.134. The smallest absolute Gasteiger partial charge is 0.263 e. The van der Waals surface area contributed by atoms with E-state index in [2.05, 4.69) is 24.1 Å². The molecule has 1 amide bonds. The molecule has 1 aliphatic heterocycles. The van der Waals surface area contributed by atoms with E-state index in [9.17, 15) is 4.79 Å². The maximum absolute atomic E-state index is 12.4. The van der Waals surface area contributed by atoms with Gasteiger partial charge in [-0.3, -0.25) is 4.79 Å². The molecule has 0 spiro atoms. The standard InChI is InChI=1S/C19H29ClN2O2/c1-14-11-15(2)13-22(12-14)10-9-21-18(23)19(3,4)24-17-7-5-16(20)6-8-17/h5-8,14-15H,9-13H2,1-4H3,(H,21,23)/t14-,15+. The molecule has 1 saturated heterocycles. The highest BCUT2D eigenvalue weighted by Gasteiger charge is 2.30. The van der Waals surface area contributed by atoms with Crippen molar-refractivity contribution in [2.75, 3.05) is 26.2 Å². The molecule has 24 heavy (non-hydrogen) atoms. The quantitative estimate of drug-likeness (QED) is 0.850. The number of ether oxygens (including phenoxy) is 1. The molecular formula is C19H29ClN2O2. The highest BCUT2D eigenvalue weighted by Crippen LogP contribution is 2.22. The molecule has 5 heteroatoms. The van der Waals surface area contributed by atoms with Gasteiger partial charge in [0.15, 0.2) is 5.60 Å². The average Bonchev–Trinajstić information content (AvgIpc) is 2.48. The van der Waals surface area contributed by atoms with Crippen molar-refractivity contribution in [1.82, 2.24) is 10.2 Å². The zero-order valence-corrected chi connectivity index (χ0v) is 15.9. The Morgan fingerprint density at radius 1 is 1.25 bits per heavy atom. The van der Waals surface area contributed by atoms with Crippen LogP contribution in [0.4, 0.5) is 0 Å². The van der Waals surface area contributed by atoms with Crippen LogP contribution in [0.5, 0.6) is 5.75 Å². The normalized spacial score (nSPS) is 22.2. The molecule has 2 rings (SSSR count). The number of benzene rings is 1. The van der Waals surface area contributed by atoms with Gasteiger partial charge < -0.3 is 15.0 Å². The third kappa shape index (κ3) is 5.67. The summed E-state index contributed by atoms with van der Waals surface area (Å²) in [4.78, 5) is 14.9. The van der Waals surface area contributed by atoms with Gasteiger partial charge in [0.25, 0.3) is 5.91 Å². The second-order valence-electron chi connectivity index (χ2n) is 7.53. The molecule has 0 aromatic heterocycles. The molecule has 1 heterocycles. The van der Waals surface area contributed by atoms with Crippen LogP contribution in [0.15, 0.2) is 24.3 Å². The summed E-state index contributed by atoms with van der Waals surface area (Å²) in [6.07, 6.45) is 1.30. The highest BCUT2D eigenvalue weighted by molar-refractivity contribution is 6.30. The van der Waals surface area contributed by atoms with Crippen LogP contribution in [0.1, 0.15) is 34.1 Å². The summed E-state index contributed by atoms with van der Waals surface area (Å²) < 4.78 is 5.81. The Bertz CT molecular complexity index is 535. The van der Waals surface area contributed by atoms with Gasteiger partial charge in [-0.05, 0) is 56.4 Å². The van der Waals surface area contributed by atoms with E-state index >= 15 is 0 Å². The summed E-state index contributed by atoms with van der Waals surface area (Å²) in [5, 5.41) is 3.65. The molecule has 0 bridgehead atoms. The van der Waals surface area contributed by atoms with Gasteiger partial charge in [0.2, 0.25) is 0 Å². The number of nitrogens with zero attached hydrogens (tertiary/aromatic N) is 1. The van der Waals surface area contributed by atoms with Gasteiger partial charge in [0, 0.05) is 31.2 Å². The highest BCUT2D eigenvalue weighted by atomic mass is 35.5. The van der Waals surface area contributed by atoms with Crippen molar-refractivity contribution in [3.8, 4) is 5.75 Å². The Hall–Kier alpha value is -1.26. The van der Waals surface area contributed by atoms with Gasteiger partial charge in [-0.2, -0.15) is 0 Å². The van der Waals surface area contributed by atoms with Crippen molar-refractivity contribution < 1.29 is 9.53 Å². The molecule has 1 N–H and O–H groups in total. The number of likely N-dealkylation sites (tertiary alicyclic amines) is 1. The Labute approximate surface area is 150 Å². The lowest BCUT2D eigenvalue weighted by atomic mass is 9.92. The van der Waals surface area contributed by atoms with E-state index < -0.39 is 5.60 Å². The first-order valence-corrected chi connectivity index (χ1v) is 9.09. The van der Waals surface area contributed by atoms with Gasteiger partial charge in [-0.25, -0.2) is 0 Å². The predicted octanol–water partition coefficient (Wildman–Crippen LogP) is 3.59. The van der Waals surface area contributed by atoms with Crippen LogP contribution < -0.4 is 10.1 Å². The van der Waals surface area contributed by atoms with Crippen LogP contribution in [0, 0.1) is 11.8 Å². The van der Waals surface area contributed by atoms with Crippen molar-refractivity contribution >= 4 is 17.5 Å². The lowest BCUT2D eigenvalue weighted by Gasteiger charge is -2.35. The Morgan fingerprint density at radius 2 is 1.83 bits per heavy atom. The fourth-order valence-electron chi connectivity index (χ4n) is 3.36. The number of carbonyl (C=O) groups excluding carboxylic acids is 1. The first-order valence-electron chi connectivity index (χ1n) is 8.71. The fraction of sp³-hybridized carbons (Fsp3) is 0.632. The molecular weight excluding hydrogens is 324 g/mol. The van der Waals surface area contributed by atoms with Crippen LogP contribution in [0.3, 0.4) is 0 Å². The van der Waals surface area contributed by atoms with E-state index in [0.717, 1.165) is 31.5 Å². The lowest BCUT2D eigenvalue weighted by Crippen LogP contribution is -2.49. The van der Waals surface area contributed by atoms with Crippen LogP contribution in [-0.4, -0.2) is 42.6 Å². The molecule has 2 atom stereocenters. The number of piperidine rings is 1. The van der Waals surface area contributed by atoms with Gasteiger partial charge >= 0.3 is 0 Å². The van der Waals surface area contributed by atoms with Crippen molar-refractivity contribution in [3.05, 3.63) is 29.3 Å². The Morgan fingerprint density at radius 3 is 2.42 bits per heavy atom. The van der Waals surface area contributed by atoms with Gasteiger partial charge in [0.1, 0.15) is 5.75 Å². The van der Waals surface area contributed by atoms with E-state index in [0.29, 0.717) is 17.3 Å². The molecule has 1 fully saturated rings. The molecule has 0 aliphatic carbocycles. The van der Waals surface area contributed by atoms with E-state index in [-0.39, 0.29) is 5.91 Å².